The number of anilines is 1. The van der Waals surface area contributed by atoms with Crippen LogP contribution in [-0.4, -0.2) is 31.9 Å². The summed E-state index contributed by atoms with van der Waals surface area (Å²) in [6.45, 7) is -0.536. The molecule has 1 aromatic rings. The number of halogens is 4. The highest BCUT2D eigenvalue weighted by molar-refractivity contribution is 6.30. The molecule has 1 amide bonds. The van der Waals surface area contributed by atoms with Crippen LogP contribution >= 0.6 is 11.6 Å². The van der Waals surface area contributed by atoms with Gasteiger partial charge >= 0.3 is 6.18 Å². The van der Waals surface area contributed by atoms with Gasteiger partial charge in [0, 0.05) is 17.7 Å². The number of ether oxygens (including phenoxy) is 2. The number of amides is 1. The minimum Gasteiger partial charge on any atom is -0.482 e. The molecule has 0 bridgehead atoms. The van der Waals surface area contributed by atoms with Crippen molar-refractivity contribution in [1.82, 2.24) is 0 Å². The number of hydrogen-bond acceptors (Lipinski definition) is 3. The first kappa shape index (κ1) is 16.9. The van der Waals surface area contributed by atoms with Crippen molar-refractivity contribution in [2.24, 2.45) is 5.92 Å². The standard InChI is InChI=1S/C14H15ClF3NO3/c15-10-3-4-11(12(6-10)22-8-14(16,17)18)19-13(20)9-2-1-5-21-7-9/h3-4,6,9H,1-2,5,7-8H2,(H,19,20)/t9-/m1/s1. The van der Waals surface area contributed by atoms with Crippen LogP contribution < -0.4 is 10.1 Å². The van der Waals surface area contributed by atoms with Crippen molar-refractivity contribution in [1.29, 1.82) is 0 Å². The molecule has 0 aliphatic carbocycles. The fraction of sp³-hybridized carbons (Fsp3) is 0.500. The maximum absolute atomic E-state index is 12.3. The molecular weight excluding hydrogens is 323 g/mol. The number of rotatable bonds is 4. The average molecular weight is 338 g/mol. The van der Waals surface area contributed by atoms with Crippen LogP contribution in [0.5, 0.6) is 5.75 Å². The molecule has 1 aromatic carbocycles. The highest BCUT2D eigenvalue weighted by Gasteiger charge is 2.29. The van der Waals surface area contributed by atoms with Gasteiger partial charge in [0.15, 0.2) is 6.61 Å². The van der Waals surface area contributed by atoms with Gasteiger partial charge in [-0.25, -0.2) is 0 Å². The zero-order chi connectivity index (χ0) is 16.2. The van der Waals surface area contributed by atoms with Gasteiger partial charge < -0.3 is 14.8 Å². The van der Waals surface area contributed by atoms with Gasteiger partial charge in [0.2, 0.25) is 5.91 Å². The predicted octanol–water partition coefficient (Wildman–Crippen LogP) is 3.65. The molecule has 0 radical (unpaired) electrons. The summed E-state index contributed by atoms with van der Waals surface area (Å²) in [5.41, 5.74) is 0.157. The van der Waals surface area contributed by atoms with Crippen molar-refractivity contribution in [3.63, 3.8) is 0 Å². The number of hydrogen-bond donors (Lipinski definition) is 1. The topological polar surface area (TPSA) is 47.6 Å². The Morgan fingerprint density at radius 2 is 2.23 bits per heavy atom. The van der Waals surface area contributed by atoms with E-state index in [4.69, 9.17) is 21.1 Å². The lowest BCUT2D eigenvalue weighted by Gasteiger charge is -2.22. The molecule has 1 saturated heterocycles. The second-order valence-electron chi connectivity index (χ2n) is 4.95. The van der Waals surface area contributed by atoms with E-state index in [0.29, 0.717) is 19.6 Å². The molecule has 0 unspecified atom stereocenters. The van der Waals surface area contributed by atoms with Crippen LogP contribution in [0.4, 0.5) is 18.9 Å². The van der Waals surface area contributed by atoms with Gasteiger partial charge in [0.25, 0.3) is 0 Å². The lowest BCUT2D eigenvalue weighted by Crippen LogP contribution is -2.30. The van der Waals surface area contributed by atoms with Crippen LogP contribution in [0.25, 0.3) is 0 Å². The first-order chi connectivity index (χ1) is 10.3. The second kappa shape index (κ2) is 7.19. The van der Waals surface area contributed by atoms with Crippen molar-refractivity contribution in [3.05, 3.63) is 23.2 Å². The SMILES string of the molecule is O=C(Nc1ccc(Cl)cc1OCC(F)(F)F)[C@@H]1CCCOC1. The molecule has 0 saturated carbocycles. The summed E-state index contributed by atoms with van der Waals surface area (Å²) in [5, 5.41) is 2.79. The lowest BCUT2D eigenvalue weighted by molar-refractivity contribution is -0.153. The van der Waals surface area contributed by atoms with Crippen molar-refractivity contribution in [2.45, 2.75) is 19.0 Å². The Morgan fingerprint density at radius 3 is 2.86 bits per heavy atom. The Hall–Kier alpha value is -1.47. The molecule has 0 aromatic heterocycles. The van der Waals surface area contributed by atoms with Crippen LogP contribution in [0.2, 0.25) is 5.02 Å². The molecule has 122 valence electrons. The zero-order valence-corrected chi connectivity index (χ0v) is 12.3. The number of nitrogens with one attached hydrogen (secondary N) is 1. The Kier molecular flexibility index (Phi) is 5.52. The van der Waals surface area contributed by atoms with Gasteiger partial charge in [0.1, 0.15) is 5.75 Å². The van der Waals surface area contributed by atoms with Crippen LogP contribution in [0.1, 0.15) is 12.8 Å². The molecule has 8 heteroatoms. The van der Waals surface area contributed by atoms with E-state index in [0.717, 1.165) is 6.42 Å². The molecule has 1 aliphatic rings. The molecule has 1 fully saturated rings. The lowest BCUT2D eigenvalue weighted by atomic mass is 10.0. The van der Waals surface area contributed by atoms with E-state index in [9.17, 15) is 18.0 Å². The molecular formula is C14H15ClF3NO3. The summed E-state index contributed by atoms with van der Waals surface area (Å²) in [6.07, 6.45) is -3.02. The summed E-state index contributed by atoms with van der Waals surface area (Å²) in [5.74, 6) is -0.742. The van der Waals surface area contributed by atoms with Gasteiger partial charge in [-0.3, -0.25) is 4.79 Å². The maximum Gasteiger partial charge on any atom is 0.422 e. The van der Waals surface area contributed by atoms with Crippen molar-refractivity contribution in [3.8, 4) is 5.75 Å². The van der Waals surface area contributed by atoms with E-state index in [1.165, 1.54) is 18.2 Å². The molecule has 0 spiro atoms. The minimum atomic E-state index is -4.47. The Bertz CT molecular complexity index is 531. The summed E-state index contributed by atoms with van der Waals surface area (Å²) < 4.78 is 46.7. The van der Waals surface area contributed by atoms with Crippen LogP contribution in [0.3, 0.4) is 0 Å². The van der Waals surface area contributed by atoms with Gasteiger partial charge in [-0.05, 0) is 25.0 Å². The van der Waals surface area contributed by atoms with Gasteiger partial charge in [-0.1, -0.05) is 11.6 Å². The Labute approximate surface area is 130 Å². The summed E-state index contributed by atoms with van der Waals surface area (Å²) in [6, 6.07) is 4.12. The number of benzene rings is 1. The number of carbonyl (C=O) groups excluding carboxylic acids is 1. The summed E-state index contributed by atoms with van der Waals surface area (Å²) >= 11 is 5.76. The summed E-state index contributed by atoms with van der Waals surface area (Å²) in [4.78, 5) is 12.1. The van der Waals surface area contributed by atoms with Gasteiger partial charge in [-0.15, -0.1) is 0 Å². The van der Waals surface area contributed by atoms with E-state index in [2.05, 4.69) is 5.32 Å². The van der Waals surface area contributed by atoms with Crippen molar-refractivity contribution >= 4 is 23.2 Å². The third kappa shape index (κ3) is 5.06. The highest BCUT2D eigenvalue weighted by atomic mass is 35.5. The largest absolute Gasteiger partial charge is 0.482 e. The molecule has 1 atom stereocenters. The number of alkyl halides is 3. The Balaban J connectivity index is 2.07. The van der Waals surface area contributed by atoms with Crippen molar-refractivity contribution in [2.75, 3.05) is 25.1 Å². The third-order valence-corrected chi connectivity index (χ3v) is 3.36. The molecule has 1 aliphatic heterocycles. The Morgan fingerprint density at radius 1 is 1.45 bits per heavy atom. The summed E-state index contributed by atoms with van der Waals surface area (Å²) in [7, 11) is 0. The third-order valence-electron chi connectivity index (χ3n) is 3.12. The monoisotopic (exact) mass is 337 g/mol. The normalized spacial score (nSPS) is 18.8. The fourth-order valence-electron chi connectivity index (χ4n) is 2.06. The van der Waals surface area contributed by atoms with E-state index >= 15 is 0 Å². The van der Waals surface area contributed by atoms with Crippen LogP contribution in [-0.2, 0) is 9.53 Å². The van der Waals surface area contributed by atoms with E-state index in [1.54, 1.807) is 0 Å². The molecule has 1 heterocycles. The number of carbonyl (C=O) groups is 1. The molecule has 4 nitrogen and oxygen atoms in total. The molecule has 22 heavy (non-hydrogen) atoms. The molecule has 2 rings (SSSR count). The second-order valence-corrected chi connectivity index (χ2v) is 5.38. The first-order valence-electron chi connectivity index (χ1n) is 6.73. The van der Waals surface area contributed by atoms with Crippen molar-refractivity contribution < 1.29 is 27.4 Å². The average Bonchev–Trinajstić information content (AvgIpc) is 2.47. The zero-order valence-electron chi connectivity index (χ0n) is 11.6. The van der Waals surface area contributed by atoms with Crippen LogP contribution in [0.15, 0.2) is 18.2 Å². The van der Waals surface area contributed by atoms with Gasteiger partial charge in [0.05, 0.1) is 18.2 Å². The van der Waals surface area contributed by atoms with E-state index < -0.39 is 12.8 Å². The molecule has 1 N–H and O–H groups in total. The smallest absolute Gasteiger partial charge is 0.422 e. The fourth-order valence-corrected chi connectivity index (χ4v) is 2.22. The predicted molar refractivity (Wildman–Crippen MR) is 75.2 cm³/mol. The van der Waals surface area contributed by atoms with E-state index in [1.807, 2.05) is 0 Å². The van der Waals surface area contributed by atoms with E-state index in [-0.39, 0.29) is 28.3 Å². The first-order valence-corrected chi connectivity index (χ1v) is 7.10. The minimum absolute atomic E-state index is 0.116. The van der Waals surface area contributed by atoms with Gasteiger partial charge in [-0.2, -0.15) is 13.2 Å². The quantitative estimate of drug-likeness (QED) is 0.912. The highest BCUT2D eigenvalue weighted by Crippen LogP contribution is 2.30. The maximum atomic E-state index is 12.3. The van der Waals surface area contributed by atoms with Crippen LogP contribution in [0, 0.1) is 5.92 Å².